The smallest absolute Gasteiger partial charge is 0.168 e. The monoisotopic (exact) mass is 367 g/mol. The Morgan fingerprint density at radius 2 is 1.80 bits per heavy atom. The molecule has 1 fully saturated rings. The average Bonchev–Trinajstić information content (AvgIpc) is 2.64. The van der Waals surface area contributed by atoms with E-state index in [9.17, 15) is 9.59 Å². The fourth-order valence-corrected chi connectivity index (χ4v) is 3.36. The van der Waals surface area contributed by atoms with Gasteiger partial charge in [-0.2, -0.15) is 0 Å². The van der Waals surface area contributed by atoms with Gasteiger partial charge in [0.2, 0.25) is 0 Å². The number of hydrogen-bond acceptors (Lipinski definition) is 3. The van der Waals surface area contributed by atoms with E-state index in [-0.39, 0.29) is 18.2 Å². The van der Waals surface area contributed by atoms with E-state index in [0.717, 1.165) is 25.9 Å². The van der Waals surface area contributed by atoms with Crippen LogP contribution in [0.25, 0.3) is 0 Å². The number of halogens is 1. The zero-order chi connectivity index (χ0) is 17.4. The van der Waals surface area contributed by atoms with Crippen molar-refractivity contribution in [3.8, 4) is 5.75 Å². The maximum atomic E-state index is 12.3. The Bertz CT molecular complexity index is 556. The second-order valence-electron chi connectivity index (χ2n) is 6.91. The van der Waals surface area contributed by atoms with Gasteiger partial charge in [0.1, 0.15) is 11.5 Å². The Morgan fingerprint density at radius 1 is 1.12 bits per heavy atom. The van der Waals surface area contributed by atoms with Crippen LogP contribution < -0.4 is 22.0 Å². The molecule has 4 nitrogen and oxygen atoms in total. The zero-order valence-corrected chi connectivity index (χ0v) is 16.1. The van der Waals surface area contributed by atoms with E-state index in [2.05, 4.69) is 7.05 Å². The first kappa shape index (κ1) is 21.7. The first-order chi connectivity index (χ1) is 11.6. The van der Waals surface area contributed by atoms with Crippen molar-refractivity contribution in [1.82, 2.24) is 0 Å². The van der Waals surface area contributed by atoms with Gasteiger partial charge in [-0.25, -0.2) is 0 Å². The van der Waals surface area contributed by atoms with Gasteiger partial charge in [0.05, 0.1) is 40.1 Å². The molecule has 0 spiro atoms. The van der Waals surface area contributed by atoms with Crippen molar-refractivity contribution in [2.45, 2.75) is 44.9 Å². The average molecular weight is 368 g/mol. The second kappa shape index (κ2) is 11.3. The predicted octanol–water partition coefficient (Wildman–Crippen LogP) is -0.674. The van der Waals surface area contributed by atoms with Crippen molar-refractivity contribution in [3.05, 3.63) is 29.8 Å². The van der Waals surface area contributed by atoms with E-state index in [0.29, 0.717) is 35.9 Å². The molecule has 0 saturated heterocycles. The Hall–Kier alpha value is -1.39. The van der Waals surface area contributed by atoms with Gasteiger partial charge in [0.15, 0.2) is 5.78 Å². The number of hydrogen-bond donors (Lipinski definition) is 1. The third-order valence-corrected chi connectivity index (χ3v) is 5.03. The van der Waals surface area contributed by atoms with Gasteiger partial charge in [-0.05, 0) is 25.0 Å². The SMILES string of the molecule is COc1cccc(C(=O)CC[NH+](C)CCC(=O)C2CCCCC2)c1.[Cl-]. The lowest BCUT2D eigenvalue weighted by Crippen LogP contribution is -3.09. The Morgan fingerprint density at radius 3 is 2.48 bits per heavy atom. The highest BCUT2D eigenvalue weighted by Gasteiger charge is 2.21. The molecule has 5 heteroatoms. The van der Waals surface area contributed by atoms with Gasteiger partial charge >= 0.3 is 0 Å². The molecule has 1 atom stereocenters. The summed E-state index contributed by atoms with van der Waals surface area (Å²) >= 11 is 0. The summed E-state index contributed by atoms with van der Waals surface area (Å²) in [6, 6.07) is 7.29. The van der Waals surface area contributed by atoms with Gasteiger partial charge in [-0.15, -0.1) is 0 Å². The molecule has 1 aromatic rings. The molecule has 140 valence electrons. The van der Waals surface area contributed by atoms with Gasteiger partial charge < -0.3 is 22.0 Å². The zero-order valence-electron chi connectivity index (χ0n) is 15.4. The topological polar surface area (TPSA) is 47.8 Å². The number of methoxy groups -OCH3 is 1. The number of rotatable bonds is 9. The van der Waals surface area contributed by atoms with Crippen LogP contribution in [-0.4, -0.2) is 38.8 Å². The van der Waals surface area contributed by atoms with Gasteiger partial charge in [-0.1, -0.05) is 31.4 Å². The standard InChI is InChI=1S/C20H29NO3.ClH/c1-21(13-11-19(22)16-7-4-3-5-8-16)14-12-20(23)17-9-6-10-18(15-17)24-2;/h6,9-10,15-16H,3-5,7-8,11-14H2,1-2H3;1H. The van der Waals surface area contributed by atoms with Crippen molar-refractivity contribution < 1.29 is 31.6 Å². The molecule has 1 aromatic carbocycles. The summed E-state index contributed by atoms with van der Waals surface area (Å²) in [5.41, 5.74) is 0.695. The van der Waals surface area contributed by atoms with Crippen LogP contribution in [0.4, 0.5) is 0 Å². The summed E-state index contributed by atoms with van der Waals surface area (Å²) in [6.45, 7) is 1.58. The quantitative estimate of drug-likeness (QED) is 0.589. The molecule has 1 N–H and O–H groups in total. The summed E-state index contributed by atoms with van der Waals surface area (Å²) in [4.78, 5) is 25.8. The molecule has 1 aliphatic carbocycles. The summed E-state index contributed by atoms with van der Waals surface area (Å²) in [5, 5.41) is 0. The maximum Gasteiger partial charge on any atom is 0.168 e. The van der Waals surface area contributed by atoms with Crippen LogP contribution in [0.15, 0.2) is 24.3 Å². The van der Waals surface area contributed by atoms with Gasteiger partial charge in [0, 0.05) is 11.5 Å². The molecule has 25 heavy (non-hydrogen) atoms. The summed E-state index contributed by atoms with van der Waals surface area (Å²) < 4.78 is 5.16. The van der Waals surface area contributed by atoms with Gasteiger partial charge in [-0.3, -0.25) is 9.59 Å². The molecule has 0 radical (unpaired) electrons. The van der Waals surface area contributed by atoms with Gasteiger partial charge in [0.25, 0.3) is 0 Å². The number of ketones is 2. The molecule has 1 aliphatic rings. The van der Waals surface area contributed by atoms with E-state index in [4.69, 9.17) is 4.74 Å². The molecule has 0 aliphatic heterocycles. The third-order valence-electron chi connectivity index (χ3n) is 5.03. The number of Topliss-reactive ketones (excluding diaryl/α,β-unsaturated/α-hetero) is 2. The number of nitrogens with one attached hydrogen (secondary N) is 1. The molecule has 0 aromatic heterocycles. The molecule has 0 amide bonds. The van der Waals surface area contributed by atoms with Crippen molar-refractivity contribution in [2.24, 2.45) is 5.92 Å². The lowest BCUT2D eigenvalue weighted by atomic mass is 9.85. The summed E-state index contributed by atoms with van der Waals surface area (Å²) in [7, 11) is 3.66. The molecular weight excluding hydrogens is 338 g/mol. The Balaban J connectivity index is 0.00000312. The summed E-state index contributed by atoms with van der Waals surface area (Å²) in [6.07, 6.45) is 6.97. The predicted molar refractivity (Wildman–Crippen MR) is 94.8 cm³/mol. The van der Waals surface area contributed by atoms with E-state index in [1.165, 1.54) is 24.2 Å². The number of ether oxygens (including phenoxy) is 1. The third kappa shape index (κ3) is 7.17. The highest BCUT2D eigenvalue weighted by atomic mass is 35.5. The molecular formula is C20H30ClNO3. The fraction of sp³-hybridized carbons (Fsp3) is 0.600. The Labute approximate surface area is 157 Å². The van der Waals surface area contributed by atoms with Crippen LogP contribution in [0.3, 0.4) is 0 Å². The molecule has 1 unspecified atom stereocenters. The maximum absolute atomic E-state index is 12.3. The molecule has 0 bridgehead atoms. The van der Waals surface area contributed by atoms with Crippen molar-refractivity contribution in [1.29, 1.82) is 0 Å². The molecule has 2 rings (SSSR count). The van der Waals surface area contributed by atoms with E-state index in [1.807, 2.05) is 18.2 Å². The first-order valence-corrected chi connectivity index (χ1v) is 9.11. The van der Waals surface area contributed by atoms with Crippen LogP contribution >= 0.6 is 0 Å². The highest BCUT2D eigenvalue weighted by molar-refractivity contribution is 5.96. The van der Waals surface area contributed by atoms with E-state index < -0.39 is 0 Å². The minimum atomic E-state index is 0. The minimum Gasteiger partial charge on any atom is -1.00 e. The normalized spacial score (nSPS) is 15.9. The summed E-state index contributed by atoms with van der Waals surface area (Å²) in [5.74, 6) is 1.56. The van der Waals surface area contributed by atoms with Crippen LogP contribution in [0, 0.1) is 5.92 Å². The number of benzene rings is 1. The van der Waals surface area contributed by atoms with Crippen molar-refractivity contribution >= 4 is 11.6 Å². The van der Waals surface area contributed by atoms with E-state index in [1.54, 1.807) is 13.2 Å². The highest BCUT2D eigenvalue weighted by Crippen LogP contribution is 2.24. The van der Waals surface area contributed by atoms with Crippen LogP contribution in [0.5, 0.6) is 5.75 Å². The van der Waals surface area contributed by atoms with Crippen molar-refractivity contribution in [3.63, 3.8) is 0 Å². The van der Waals surface area contributed by atoms with Crippen LogP contribution in [0.1, 0.15) is 55.3 Å². The number of carbonyl (C=O) groups is 2. The lowest BCUT2D eigenvalue weighted by Gasteiger charge is -2.21. The first-order valence-electron chi connectivity index (χ1n) is 9.11. The Kier molecular flexibility index (Phi) is 9.76. The molecule has 0 heterocycles. The van der Waals surface area contributed by atoms with E-state index >= 15 is 0 Å². The number of carbonyl (C=O) groups excluding carboxylic acids is 2. The van der Waals surface area contributed by atoms with Crippen molar-refractivity contribution in [2.75, 3.05) is 27.2 Å². The fourth-order valence-electron chi connectivity index (χ4n) is 3.36. The van der Waals surface area contributed by atoms with Crippen LogP contribution in [0.2, 0.25) is 0 Å². The largest absolute Gasteiger partial charge is 1.00 e. The second-order valence-corrected chi connectivity index (χ2v) is 6.91. The lowest BCUT2D eigenvalue weighted by molar-refractivity contribution is -0.878. The number of quaternary nitrogens is 1. The minimum absolute atomic E-state index is 0. The van der Waals surface area contributed by atoms with Crippen LogP contribution in [-0.2, 0) is 4.79 Å². The molecule has 1 saturated carbocycles.